The van der Waals surface area contributed by atoms with E-state index in [4.69, 9.17) is 5.73 Å². The average molecular weight is 206 g/mol. The molecule has 0 aliphatic rings. The van der Waals surface area contributed by atoms with Crippen LogP contribution in [0.5, 0.6) is 0 Å². The highest BCUT2D eigenvalue weighted by atomic mass is 15.1. The number of hydrogen-bond donors (Lipinski definition) is 1. The molecular formula is C13H22N2. The largest absolute Gasteiger partial charge is 0.329 e. The molecule has 0 amide bonds. The highest BCUT2D eigenvalue weighted by Gasteiger charge is 1.99. The molecular weight excluding hydrogens is 184 g/mol. The van der Waals surface area contributed by atoms with Crippen molar-refractivity contribution in [1.82, 2.24) is 4.90 Å². The van der Waals surface area contributed by atoms with Gasteiger partial charge in [0.1, 0.15) is 0 Å². The monoisotopic (exact) mass is 206 g/mol. The van der Waals surface area contributed by atoms with Crippen LogP contribution in [0.25, 0.3) is 0 Å². The summed E-state index contributed by atoms with van der Waals surface area (Å²) in [5.41, 5.74) is 8.30. The number of aryl methyl sites for hydroxylation is 1. The standard InChI is InChI=1S/C13H22N2/c1-3-4-12-5-7-13(8-6-12)11-15(2)10-9-14/h5-8H,3-4,9-11,14H2,1-2H3. The molecule has 0 atom stereocenters. The molecule has 0 radical (unpaired) electrons. The van der Waals surface area contributed by atoms with Gasteiger partial charge < -0.3 is 10.6 Å². The summed E-state index contributed by atoms with van der Waals surface area (Å²) in [5.74, 6) is 0. The number of rotatable bonds is 6. The van der Waals surface area contributed by atoms with Crippen LogP contribution in [0.3, 0.4) is 0 Å². The minimum absolute atomic E-state index is 0.727. The van der Waals surface area contributed by atoms with Crippen molar-refractivity contribution in [3.8, 4) is 0 Å². The first kappa shape index (κ1) is 12.2. The first-order chi connectivity index (χ1) is 7.26. The highest BCUT2D eigenvalue weighted by molar-refractivity contribution is 5.22. The minimum Gasteiger partial charge on any atom is -0.329 e. The molecule has 0 bridgehead atoms. The molecule has 84 valence electrons. The fourth-order valence-corrected chi connectivity index (χ4v) is 1.71. The second-order valence-electron chi connectivity index (χ2n) is 4.09. The van der Waals surface area contributed by atoms with Gasteiger partial charge in [-0.05, 0) is 24.6 Å². The predicted molar refractivity (Wildman–Crippen MR) is 65.8 cm³/mol. The van der Waals surface area contributed by atoms with Gasteiger partial charge in [-0.3, -0.25) is 0 Å². The Kier molecular flexibility index (Phi) is 5.37. The zero-order chi connectivity index (χ0) is 11.1. The van der Waals surface area contributed by atoms with Crippen molar-refractivity contribution in [3.05, 3.63) is 35.4 Å². The van der Waals surface area contributed by atoms with E-state index in [2.05, 4.69) is 43.1 Å². The van der Waals surface area contributed by atoms with Gasteiger partial charge in [-0.25, -0.2) is 0 Å². The summed E-state index contributed by atoms with van der Waals surface area (Å²) in [4.78, 5) is 2.24. The van der Waals surface area contributed by atoms with Crippen molar-refractivity contribution in [2.24, 2.45) is 5.73 Å². The molecule has 0 saturated carbocycles. The smallest absolute Gasteiger partial charge is 0.0231 e. The van der Waals surface area contributed by atoms with E-state index in [1.165, 1.54) is 24.0 Å². The summed E-state index contributed by atoms with van der Waals surface area (Å²) in [6.07, 6.45) is 2.39. The lowest BCUT2D eigenvalue weighted by Crippen LogP contribution is -2.24. The summed E-state index contributed by atoms with van der Waals surface area (Å²) in [6.45, 7) is 4.88. The van der Waals surface area contributed by atoms with E-state index in [0.29, 0.717) is 0 Å². The highest BCUT2D eigenvalue weighted by Crippen LogP contribution is 2.08. The molecule has 0 spiro atoms. The Morgan fingerprint density at radius 3 is 2.27 bits per heavy atom. The summed E-state index contributed by atoms with van der Waals surface area (Å²) in [7, 11) is 2.10. The number of benzene rings is 1. The molecule has 0 aliphatic carbocycles. The van der Waals surface area contributed by atoms with Gasteiger partial charge in [0.2, 0.25) is 0 Å². The van der Waals surface area contributed by atoms with Gasteiger partial charge in [-0.15, -0.1) is 0 Å². The lowest BCUT2D eigenvalue weighted by Gasteiger charge is -2.15. The van der Waals surface area contributed by atoms with E-state index in [1.54, 1.807) is 0 Å². The van der Waals surface area contributed by atoms with Gasteiger partial charge in [-0.1, -0.05) is 37.6 Å². The van der Waals surface area contributed by atoms with Crippen LogP contribution < -0.4 is 5.73 Å². The fourth-order valence-electron chi connectivity index (χ4n) is 1.71. The molecule has 15 heavy (non-hydrogen) atoms. The molecule has 0 aliphatic heterocycles. The van der Waals surface area contributed by atoms with E-state index >= 15 is 0 Å². The maximum absolute atomic E-state index is 5.51. The zero-order valence-corrected chi connectivity index (χ0v) is 9.87. The van der Waals surface area contributed by atoms with Crippen LogP contribution in [-0.2, 0) is 13.0 Å². The maximum Gasteiger partial charge on any atom is 0.0231 e. The van der Waals surface area contributed by atoms with E-state index in [9.17, 15) is 0 Å². The summed E-state index contributed by atoms with van der Waals surface area (Å²) < 4.78 is 0. The molecule has 1 rings (SSSR count). The first-order valence-electron chi connectivity index (χ1n) is 5.72. The Hall–Kier alpha value is -0.860. The summed E-state index contributed by atoms with van der Waals surface area (Å²) in [5, 5.41) is 0. The molecule has 0 heterocycles. The van der Waals surface area contributed by atoms with Gasteiger partial charge in [-0.2, -0.15) is 0 Å². The third-order valence-electron chi connectivity index (χ3n) is 2.52. The minimum atomic E-state index is 0.727. The van der Waals surface area contributed by atoms with Gasteiger partial charge in [0.25, 0.3) is 0 Å². The number of hydrogen-bond acceptors (Lipinski definition) is 2. The van der Waals surface area contributed by atoms with E-state index < -0.39 is 0 Å². The van der Waals surface area contributed by atoms with Gasteiger partial charge in [0.05, 0.1) is 0 Å². The van der Waals surface area contributed by atoms with Crippen LogP contribution in [0, 0.1) is 0 Å². The number of nitrogens with two attached hydrogens (primary N) is 1. The Balaban J connectivity index is 2.48. The third kappa shape index (κ3) is 4.45. The van der Waals surface area contributed by atoms with Crippen molar-refractivity contribution in [1.29, 1.82) is 0 Å². The molecule has 1 aromatic carbocycles. The molecule has 2 nitrogen and oxygen atoms in total. The van der Waals surface area contributed by atoms with Crippen LogP contribution in [0.1, 0.15) is 24.5 Å². The Morgan fingerprint density at radius 1 is 1.13 bits per heavy atom. The topological polar surface area (TPSA) is 29.3 Å². The zero-order valence-electron chi connectivity index (χ0n) is 9.87. The Labute approximate surface area is 93.1 Å². The van der Waals surface area contributed by atoms with Crippen molar-refractivity contribution < 1.29 is 0 Å². The van der Waals surface area contributed by atoms with Gasteiger partial charge in [0.15, 0.2) is 0 Å². The molecule has 0 aromatic heterocycles. The number of likely N-dealkylation sites (N-methyl/N-ethyl adjacent to an activating group) is 1. The normalized spacial score (nSPS) is 10.9. The van der Waals surface area contributed by atoms with Crippen LogP contribution in [0.15, 0.2) is 24.3 Å². The Morgan fingerprint density at radius 2 is 1.73 bits per heavy atom. The number of nitrogens with zero attached hydrogens (tertiary/aromatic N) is 1. The van der Waals surface area contributed by atoms with Crippen LogP contribution in [-0.4, -0.2) is 25.0 Å². The van der Waals surface area contributed by atoms with Crippen molar-refractivity contribution in [2.45, 2.75) is 26.3 Å². The molecule has 0 saturated heterocycles. The summed E-state index contributed by atoms with van der Waals surface area (Å²) >= 11 is 0. The van der Waals surface area contributed by atoms with Crippen molar-refractivity contribution >= 4 is 0 Å². The van der Waals surface area contributed by atoms with E-state index in [0.717, 1.165) is 19.6 Å². The van der Waals surface area contributed by atoms with Crippen molar-refractivity contribution in [3.63, 3.8) is 0 Å². The lowest BCUT2D eigenvalue weighted by molar-refractivity contribution is 0.336. The van der Waals surface area contributed by atoms with E-state index in [-0.39, 0.29) is 0 Å². The predicted octanol–water partition coefficient (Wildman–Crippen LogP) is 2.03. The maximum atomic E-state index is 5.51. The molecule has 0 unspecified atom stereocenters. The van der Waals surface area contributed by atoms with Crippen LogP contribution in [0.2, 0.25) is 0 Å². The average Bonchev–Trinajstić information content (AvgIpc) is 2.22. The van der Waals surface area contributed by atoms with E-state index in [1.807, 2.05) is 0 Å². The molecule has 2 N–H and O–H groups in total. The second-order valence-corrected chi connectivity index (χ2v) is 4.09. The second kappa shape index (κ2) is 6.59. The first-order valence-corrected chi connectivity index (χ1v) is 5.72. The third-order valence-corrected chi connectivity index (χ3v) is 2.52. The van der Waals surface area contributed by atoms with Crippen LogP contribution in [0.4, 0.5) is 0 Å². The molecule has 1 aromatic rings. The Bertz CT molecular complexity index is 266. The molecule has 2 heteroatoms. The molecule has 0 fully saturated rings. The van der Waals surface area contributed by atoms with Gasteiger partial charge in [0, 0.05) is 19.6 Å². The van der Waals surface area contributed by atoms with Gasteiger partial charge >= 0.3 is 0 Å². The fraction of sp³-hybridized carbons (Fsp3) is 0.538. The quantitative estimate of drug-likeness (QED) is 0.771. The summed E-state index contributed by atoms with van der Waals surface area (Å²) in [6, 6.07) is 8.90. The van der Waals surface area contributed by atoms with Crippen LogP contribution >= 0.6 is 0 Å². The van der Waals surface area contributed by atoms with Crippen molar-refractivity contribution in [2.75, 3.05) is 20.1 Å². The SMILES string of the molecule is CCCc1ccc(CN(C)CCN)cc1. The lowest BCUT2D eigenvalue weighted by atomic mass is 10.1.